The van der Waals surface area contributed by atoms with Crippen LogP contribution in [0.25, 0.3) is 0 Å². The molecule has 106 valence electrons. The van der Waals surface area contributed by atoms with Crippen LogP contribution in [0.3, 0.4) is 0 Å². The fraction of sp³-hybridized carbons (Fsp3) is 0.200. The molecule has 0 spiro atoms. The van der Waals surface area contributed by atoms with Crippen LogP contribution in [0.2, 0.25) is 0 Å². The average Bonchev–Trinajstić information content (AvgIpc) is 2.47. The molecule has 0 bridgehead atoms. The summed E-state index contributed by atoms with van der Waals surface area (Å²) < 4.78 is 23.0. The second-order valence-corrected chi connectivity index (χ2v) is 5.63. The molecule has 20 heavy (non-hydrogen) atoms. The smallest absolute Gasteiger partial charge is 0.134 e. The van der Waals surface area contributed by atoms with Gasteiger partial charge in [0.1, 0.15) is 11.5 Å². The first-order valence-electron chi connectivity index (χ1n) is 6.09. The first-order chi connectivity index (χ1) is 9.65. The summed E-state index contributed by atoms with van der Waals surface area (Å²) in [6, 6.07) is 12.6. The molecular weight excluding hydrogens is 274 g/mol. The van der Waals surface area contributed by atoms with Crippen molar-refractivity contribution in [3.05, 3.63) is 48.0 Å². The van der Waals surface area contributed by atoms with E-state index in [1.165, 1.54) is 0 Å². The Morgan fingerprint density at radius 3 is 2.45 bits per heavy atom. The van der Waals surface area contributed by atoms with Crippen molar-refractivity contribution >= 4 is 16.5 Å². The number of hydrogen-bond acceptors (Lipinski definition) is 4. The van der Waals surface area contributed by atoms with E-state index in [1.807, 2.05) is 12.1 Å². The van der Waals surface area contributed by atoms with Gasteiger partial charge in [-0.3, -0.25) is 4.21 Å². The Hall–Kier alpha value is -2.01. The van der Waals surface area contributed by atoms with Gasteiger partial charge in [-0.15, -0.1) is 0 Å². The van der Waals surface area contributed by atoms with E-state index in [4.69, 9.17) is 15.2 Å². The lowest BCUT2D eigenvalue weighted by molar-refractivity contribution is 0.403. The summed E-state index contributed by atoms with van der Waals surface area (Å²) in [6.45, 7) is 0. The Bertz CT molecular complexity index is 628. The fourth-order valence-corrected chi connectivity index (χ4v) is 3.21. The van der Waals surface area contributed by atoms with E-state index < -0.39 is 10.8 Å². The Morgan fingerprint density at radius 2 is 1.75 bits per heavy atom. The van der Waals surface area contributed by atoms with Gasteiger partial charge in [-0.25, -0.2) is 0 Å². The highest BCUT2D eigenvalue weighted by Gasteiger charge is 2.13. The predicted octanol–water partition coefficient (Wildman–Crippen LogP) is 2.59. The van der Waals surface area contributed by atoms with Crippen LogP contribution < -0.4 is 15.2 Å². The molecule has 0 amide bonds. The standard InChI is InChI=1S/C15H17NO3S/c1-18-13-8-7-12(16)9-11(13)10-20(17)15-6-4-3-5-14(15)19-2/h3-9H,10,16H2,1-2H3. The monoisotopic (exact) mass is 291 g/mol. The maximum absolute atomic E-state index is 12.5. The average molecular weight is 291 g/mol. The van der Waals surface area contributed by atoms with Crippen LogP contribution in [0, 0.1) is 0 Å². The molecule has 0 aliphatic rings. The van der Waals surface area contributed by atoms with Crippen LogP contribution in [0.4, 0.5) is 5.69 Å². The summed E-state index contributed by atoms with van der Waals surface area (Å²) in [5.41, 5.74) is 7.21. The second-order valence-electron chi connectivity index (χ2n) is 4.21. The summed E-state index contributed by atoms with van der Waals surface area (Å²) in [5.74, 6) is 1.63. The van der Waals surface area contributed by atoms with Crippen LogP contribution in [-0.4, -0.2) is 18.4 Å². The molecule has 5 heteroatoms. The number of anilines is 1. The quantitative estimate of drug-likeness (QED) is 0.860. The minimum atomic E-state index is -1.23. The van der Waals surface area contributed by atoms with E-state index in [0.29, 0.717) is 27.8 Å². The van der Waals surface area contributed by atoms with E-state index in [2.05, 4.69) is 0 Å². The molecular formula is C15H17NO3S. The maximum atomic E-state index is 12.5. The predicted molar refractivity (Wildman–Crippen MR) is 80.5 cm³/mol. The molecule has 2 aromatic carbocycles. The normalized spacial score (nSPS) is 11.9. The summed E-state index contributed by atoms with van der Waals surface area (Å²) >= 11 is 0. The molecule has 2 N–H and O–H groups in total. The number of benzene rings is 2. The summed E-state index contributed by atoms with van der Waals surface area (Å²) in [5, 5.41) is 0. The molecule has 1 unspecified atom stereocenters. The molecule has 0 aliphatic heterocycles. The minimum absolute atomic E-state index is 0.328. The van der Waals surface area contributed by atoms with Crippen LogP contribution >= 0.6 is 0 Å². The van der Waals surface area contributed by atoms with Gasteiger partial charge >= 0.3 is 0 Å². The second kappa shape index (κ2) is 6.43. The van der Waals surface area contributed by atoms with Gasteiger partial charge in [0.15, 0.2) is 0 Å². The molecule has 0 saturated carbocycles. The largest absolute Gasteiger partial charge is 0.496 e. The molecule has 0 saturated heterocycles. The van der Waals surface area contributed by atoms with Gasteiger partial charge in [0.2, 0.25) is 0 Å². The van der Waals surface area contributed by atoms with Crippen LogP contribution in [-0.2, 0) is 16.6 Å². The third-order valence-electron chi connectivity index (χ3n) is 2.91. The number of rotatable bonds is 5. The van der Waals surface area contributed by atoms with E-state index in [-0.39, 0.29) is 0 Å². The van der Waals surface area contributed by atoms with Crippen LogP contribution in [0.15, 0.2) is 47.4 Å². The van der Waals surface area contributed by atoms with E-state index >= 15 is 0 Å². The fourth-order valence-electron chi connectivity index (χ4n) is 1.94. The zero-order valence-electron chi connectivity index (χ0n) is 11.5. The number of para-hydroxylation sites is 1. The zero-order valence-corrected chi connectivity index (χ0v) is 12.3. The Balaban J connectivity index is 2.30. The summed E-state index contributed by atoms with van der Waals surface area (Å²) in [6.07, 6.45) is 0. The van der Waals surface area contributed by atoms with Crippen molar-refractivity contribution in [3.63, 3.8) is 0 Å². The van der Waals surface area contributed by atoms with E-state index in [1.54, 1.807) is 44.6 Å². The number of nitrogens with two attached hydrogens (primary N) is 1. The number of nitrogen functional groups attached to an aromatic ring is 1. The molecule has 0 aliphatic carbocycles. The third kappa shape index (κ3) is 3.11. The van der Waals surface area contributed by atoms with Crippen molar-refractivity contribution in [3.8, 4) is 11.5 Å². The van der Waals surface area contributed by atoms with Crippen molar-refractivity contribution in [1.82, 2.24) is 0 Å². The van der Waals surface area contributed by atoms with Gasteiger partial charge in [0, 0.05) is 11.3 Å². The van der Waals surface area contributed by atoms with Crippen LogP contribution in [0.1, 0.15) is 5.56 Å². The zero-order chi connectivity index (χ0) is 14.5. The number of methoxy groups -OCH3 is 2. The molecule has 4 nitrogen and oxygen atoms in total. The van der Waals surface area contributed by atoms with E-state index in [0.717, 1.165) is 5.56 Å². The van der Waals surface area contributed by atoms with Crippen molar-refractivity contribution < 1.29 is 13.7 Å². The molecule has 2 aromatic rings. The Kier molecular flexibility index (Phi) is 4.63. The van der Waals surface area contributed by atoms with Gasteiger partial charge in [0.05, 0.1) is 35.7 Å². The molecule has 2 rings (SSSR count). The van der Waals surface area contributed by atoms with Gasteiger partial charge in [-0.1, -0.05) is 12.1 Å². The van der Waals surface area contributed by atoms with Gasteiger partial charge in [-0.05, 0) is 30.3 Å². The highest BCUT2D eigenvalue weighted by molar-refractivity contribution is 7.84. The van der Waals surface area contributed by atoms with Crippen molar-refractivity contribution in [2.75, 3.05) is 20.0 Å². The minimum Gasteiger partial charge on any atom is -0.496 e. The molecule has 0 aromatic heterocycles. The van der Waals surface area contributed by atoms with Gasteiger partial charge < -0.3 is 15.2 Å². The number of ether oxygens (including phenoxy) is 2. The lowest BCUT2D eigenvalue weighted by Gasteiger charge is -2.11. The number of hydrogen-bond donors (Lipinski definition) is 1. The highest BCUT2D eigenvalue weighted by Crippen LogP contribution is 2.27. The van der Waals surface area contributed by atoms with Crippen molar-refractivity contribution in [2.45, 2.75) is 10.6 Å². The van der Waals surface area contributed by atoms with Crippen molar-refractivity contribution in [1.29, 1.82) is 0 Å². The Labute approximate surface area is 121 Å². The lowest BCUT2D eigenvalue weighted by Crippen LogP contribution is -2.02. The van der Waals surface area contributed by atoms with Crippen molar-refractivity contribution in [2.24, 2.45) is 0 Å². The van der Waals surface area contributed by atoms with Gasteiger partial charge in [0.25, 0.3) is 0 Å². The van der Waals surface area contributed by atoms with Crippen LogP contribution in [0.5, 0.6) is 11.5 Å². The third-order valence-corrected chi connectivity index (χ3v) is 4.31. The maximum Gasteiger partial charge on any atom is 0.134 e. The topological polar surface area (TPSA) is 61.5 Å². The molecule has 0 radical (unpaired) electrons. The van der Waals surface area contributed by atoms with E-state index in [9.17, 15) is 4.21 Å². The summed E-state index contributed by atoms with van der Waals surface area (Å²) in [7, 11) is 1.92. The Morgan fingerprint density at radius 1 is 1.05 bits per heavy atom. The first-order valence-corrected chi connectivity index (χ1v) is 7.41. The van der Waals surface area contributed by atoms with Gasteiger partial charge in [-0.2, -0.15) is 0 Å². The lowest BCUT2D eigenvalue weighted by atomic mass is 10.2. The molecule has 0 fully saturated rings. The molecule has 1 atom stereocenters. The highest BCUT2D eigenvalue weighted by atomic mass is 32.2. The molecule has 0 heterocycles. The summed E-state index contributed by atoms with van der Waals surface area (Å²) in [4.78, 5) is 0.666. The SMILES string of the molecule is COc1ccc(N)cc1CS(=O)c1ccccc1OC. The first kappa shape index (κ1) is 14.4.